The Kier molecular flexibility index (Phi) is 5.97. The van der Waals surface area contributed by atoms with Gasteiger partial charge >= 0.3 is 0 Å². The second-order valence-corrected chi connectivity index (χ2v) is 6.40. The third kappa shape index (κ3) is 3.96. The van der Waals surface area contributed by atoms with Gasteiger partial charge in [-0.3, -0.25) is 0 Å². The largest absolute Gasteiger partial charge is 0.313 e. The van der Waals surface area contributed by atoms with Crippen LogP contribution in [0.2, 0.25) is 0 Å². The van der Waals surface area contributed by atoms with E-state index in [0.717, 1.165) is 24.4 Å². The van der Waals surface area contributed by atoms with Crippen LogP contribution in [0.5, 0.6) is 0 Å². The summed E-state index contributed by atoms with van der Waals surface area (Å²) in [5, 5.41) is 3.66. The highest BCUT2D eigenvalue weighted by Gasteiger charge is 2.31. The van der Waals surface area contributed by atoms with Crippen LogP contribution in [0.3, 0.4) is 0 Å². The molecule has 18 heavy (non-hydrogen) atoms. The fourth-order valence-corrected chi connectivity index (χ4v) is 4.05. The smallest absolute Gasteiger partial charge is 0.0194 e. The van der Waals surface area contributed by atoms with Gasteiger partial charge in [0.05, 0.1) is 0 Å². The van der Waals surface area contributed by atoms with Crippen LogP contribution in [-0.2, 0) is 0 Å². The van der Waals surface area contributed by atoms with E-state index in [1.807, 2.05) is 0 Å². The molecule has 0 radical (unpaired) electrons. The molecule has 1 aliphatic heterocycles. The lowest BCUT2D eigenvalue weighted by atomic mass is 9.75. The van der Waals surface area contributed by atoms with Gasteiger partial charge < -0.3 is 10.2 Å². The quantitative estimate of drug-likeness (QED) is 0.780. The van der Waals surface area contributed by atoms with Crippen molar-refractivity contribution in [2.45, 2.75) is 64.8 Å². The van der Waals surface area contributed by atoms with Crippen LogP contribution in [0.15, 0.2) is 0 Å². The summed E-state index contributed by atoms with van der Waals surface area (Å²) in [5.74, 6) is 2.09. The van der Waals surface area contributed by atoms with Crippen molar-refractivity contribution in [3.05, 3.63) is 0 Å². The van der Waals surface area contributed by atoms with E-state index in [-0.39, 0.29) is 0 Å². The Morgan fingerprint density at radius 3 is 2.61 bits per heavy atom. The summed E-state index contributed by atoms with van der Waals surface area (Å²) in [6.07, 6.45) is 10.1. The Balaban J connectivity index is 1.78. The van der Waals surface area contributed by atoms with Gasteiger partial charge in [0.25, 0.3) is 0 Å². The lowest BCUT2D eigenvalue weighted by Crippen LogP contribution is -2.47. The number of nitrogens with zero attached hydrogens (tertiary/aromatic N) is 1. The van der Waals surface area contributed by atoms with Crippen LogP contribution in [0.4, 0.5) is 0 Å². The molecule has 2 rings (SSSR count). The minimum Gasteiger partial charge on any atom is -0.313 e. The third-order valence-electron chi connectivity index (χ3n) is 4.98. The highest BCUT2D eigenvalue weighted by atomic mass is 15.2. The van der Waals surface area contributed by atoms with E-state index >= 15 is 0 Å². The number of fused-ring (bicyclic) bond motifs is 1. The van der Waals surface area contributed by atoms with Crippen molar-refractivity contribution in [3.63, 3.8) is 0 Å². The number of piperidine rings is 1. The SMILES string of the molecule is CCCC(CN1CCC2CCCCC2C1)NCC. The molecule has 1 N–H and O–H groups in total. The summed E-state index contributed by atoms with van der Waals surface area (Å²) in [7, 11) is 0. The topological polar surface area (TPSA) is 15.3 Å². The molecule has 3 atom stereocenters. The van der Waals surface area contributed by atoms with E-state index in [9.17, 15) is 0 Å². The highest BCUT2D eigenvalue weighted by Crippen LogP contribution is 2.36. The second kappa shape index (κ2) is 7.49. The van der Waals surface area contributed by atoms with Crippen molar-refractivity contribution < 1.29 is 0 Å². The van der Waals surface area contributed by atoms with Crippen LogP contribution in [0.25, 0.3) is 0 Å². The number of hydrogen-bond acceptors (Lipinski definition) is 2. The van der Waals surface area contributed by atoms with Crippen molar-refractivity contribution >= 4 is 0 Å². The maximum atomic E-state index is 3.66. The first-order valence-corrected chi connectivity index (χ1v) is 8.29. The van der Waals surface area contributed by atoms with Crippen molar-refractivity contribution in [1.82, 2.24) is 10.2 Å². The van der Waals surface area contributed by atoms with E-state index in [0.29, 0.717) is 0 Å². The minimum absolute atomic E-state index is 0.722. The second-order valence-electron chi connectivity index (χ2n) is 6.40. The molecule has 2 nitrogen and oxygen atoms in total. The maximum Gasteiger partial charge on any atom is 0.0194 e. The Labute approximate surface area is 114 Å². The molecule has 0 aromatic rings. The molecule has 1 saturated carbocycles. The van der Waals surface area contributed by atoms with Crippen LogP contribution >= 0.6 is 0 Å². The number of likely N-dealkylation sites (tertiary alicyclic amines) is 1. The van der Waals surface area contributed by atoms with Gasteiger partial charge in [-0.05, 0) is 44.2 Å². The van der Waals surface area contributed by atoms with Crippen molar-refractivity contribution in [2.24, 2.45) is 11.8 Å². The van der Waals surface area contributed by atoms with E-state index in [1.54, 1.807) is 0 Å². The van der Waals surface area contributed by atoms with E-state index in [1.165, 1.54) is 64.6 Å². The average Bonchev–Trinajstić information content (AvgIpc) is 2.39. The minimum atomic E-state index is 0.722. The molecule has 0 bridgehead atoms. The lowest BCUT2D eigenvalue weighted by Gasteiger charge is -2.42. The Bertz CT molecular complexity index is 223. The fourth-order valence-electron chi connectivity index (χ4n) is 4.05. The molecule has 0 aromatic heterocycles. The van der Waals surface area contributed by atoms with Crippen LogP contribution in [0.1, 0.15) is 58.8 Å². The fraction of sp³-hybridized carbons (Fsp3) is 1.00. The summed E-state index contributed by atoms with van der Waals surface area (Å²) < 4.78 is 0. The van der Waals surface area contributed by atoms with Gasteiger partial charge in [-0.1, -0.05) is 39.5 Å². The predicted octanol–water partition coefficient (Wildman–Crippen LogP) is 3.28. The number of rotatable bonds is 6. The molecule has 106 valence electrons. The molecule has 1 heterocycles. The monoisotopic (exact) mass is 252 g/mol. The van der Waals surface area contributed by atoms with E-state index < -0.39 is 0 Å². The molecule has 2 heteroatoms. The zero-order valence-corrected chi connectivity index (χ0v) is 12.5. The maximum absolute atomic E-state index is 3.66. The molecule has 1 aliphatic carbocycles. The summed E-state index contributed by atoms with van der Waals surface area (Å²) in [5.41, 5.74) is 0. The first-order valence-electron chi connectivity index (χ1n) is 8.29. The van der Waals surface area contributed by atoms with Crippen LogP contribution < -0.4 is 5.32 Å². The molecular formula is C16H32N2. The Hall–Kier alpha value is -0.0800. The number of likely N-dealkylation sites (N-methyl/N-ethyl adjacent to an activating group) is 1. The van der Waals surface area contributed by atoms with Gasteiger partial charge in [0.2, 0.25) is 0 Å². The van der Waals surface area contributed by atoms with Crippen LogP contribution in [0, 0.1) is 11.8 Å². The summed E-state index contributed by atoms with van der Waals surface area (Å²) in [6, 6.07) is 0.722. The molecule has 0 aromatic carbocycles. The van der Waals surface area contributed by atoms with Crippen molar-refractivity contribution in [1.29, 1.82) is 0 Å². The Morgan fingerprint density at radius 2 is 1.89 bits per heavy atom. The van der Waals surface area contributed by atoms with Gasteiger partial charge in [-0.15, -0.1) is 0 Å². The van der Waals surface area contributed by atoms with Gasteiger partial charge in [-0.25, -0.2) is 0 Å². The molecule has 0 spiro atoms. The Morgan fingerprint density at radius 1 is 1.11 bits per heavy atom. The standard InChI is InChI=1S/C16H32N2/c1-3-7-16(17-4-2)13-18-11-10-14-8-5-6-9-15(14)12-18/h14-17H,3-13H2,1-2H3. The lowest BCUT2D eigenvalue weighted by molar-refractivity contribution is 0.0791. The van der Waals surface area contributed by atoms with E-state index in [2.05, 4.69) is 24.1 Å². The van der Waals surface area contributed by atoms with Crippen molar-refractivity contribution in [2.75, 3.05) is 26.2 Å². The first kappa shape index (κ1) is 14.3. The molecule has 0 amide bonds. The molecule has 2 aliphatic rings. The average molecular weight is 252 g/mol. The normalized spacial score (nSPS) is 31.0. The number of hydrogen-bond donors (Lipinski definition) is 1. The summed E-state index contributed by atoms with van der Waals surface area (Å²) in [6.45, 7) is 9.67. The zero-order chi connectivity index (χ0) is 12.8. The van der Waals surface area contributed by atoms with Crippen molar-refractivity contribution in [3.8, 4) is 0 Å². The third-order valence-corrected chi connectivity index (χ3v) is 4.98. The number of nitrogens with one attached hydrogen (secondary N) is 1. The van der Waals surface area contributed by atoms with Gasteiger partial charge in [0, 0.05) is 19.1 Å². The first-order chi connectivity index (χ1) is 8.83. The summed E-state index contributed by atoms with van der Waals surface area (Å²) in [4.78, 5) is 2.75. The van der Waals surface area contributed by atoms with Gasteiger partial charge in [0.15, 0.2) is 0 Å². The molecule has 2 fully saturated rings. The molecule has 1 saturated heterocycles. The van der Waals surface area contributed by atoms with Gasteiger partial charge in [-0.2, -0.15) is 0 Å². The zero-order valence-electron chi connectivity index (χ0n) is 12.5. The van der Waals surface area contributed by atoms with E-state index in [4.69, 9.17) is 0 Å². The summed E-state index contributed by atoms with van der Waals surface area (Å²) >= 11 is 0. The highest BCUT2D eigenvalue weighted by molar-refractivity contribution is 4.85. The van der Waals surface area contributed by atoms with Gasteiger partial charge in [0.1, 0.15) is 0 Å². The van der Waals surface area contributed by atoms with Crippen LogP contribution in [-0.4, -0.2) is 37.1 Å². The molecular weight excluding hydrogens is 220 g/mol. The molecule has 3 unspecified atom stereocenters. The predicted molar refractivity (Wildman–Crippen MR) is 78.9 cm³/mol.